The fourth-order valence-electron chi connectivity index (χ4n) is 1.90. The molecule has 3 aromatic rings. The minimum atomic E-state index is -0.566. The predicted molar refractivity (Wildman–Crippen MR) is 72.8 cm³/mol. The normalized spacial score (nSPS) is 11.0. The zero-order valence-electron chi connectivity index (χ0n) is 10.0. The molecule has 0 aliphatic heterocycles. The molecule has 0 aliphatic rings. The number of thiophene rings is 1. The highest BCUT2D eigenvalue weighted by Gasteiger charge is 2.20. The van der Waals surface area contributed by atoms with Crippen LogP contribution in [0.2, 0.25) is 0 Å². The van der Waals surface area contributed by atoms with Gasteiger partial charge in [-0.1, -0.05) is 0 Å². The van der Waals surface area contributed by atoms with Gasteiger partial charge in [0, 0.05) is 0 Å². The number of fused-ring (bicyclic) bond motifs is 1. The summed E-state index contributed by atoms with van der Waals surface area (Å²) >= 11 is 1.17. The van der Waals surface area contributed by atoms with Crippen LogP contribution in [0.4, 0.5) is 5.69 Å². The Labute approximate surface area is 112 Å². The molecule has 0 aromatic carbocycles. The third-order valence-corrected chi connectivity index (χ3v) is 3.79. The zero-order chi connectivity index (χ0) is 13.6. The molecule has 3 rings (SSSR count). The average Bonchev–Trinajstić information content (AvgIpc) is 2.96. The molecule has 0 radical (unpaired) electrons. The monoisotopic (exact) mass is 274 g/mol. The van der Waals surface area contributed by atoms with Crippen LogP contribution in [0.3, 0.4) is 0 Å². The van der Waals surface area contributed by atoms with Crippen LogP contribution >= 0.6 is 11.3 Å². The fourth-order valence-corrected chi connectivity index (χ4v) is 2.90. The number of hydrogen-bond donors (Lipinski definition) is 2. The lowest BCUT2D eigenvalue weighted by atomic mass is 10.2. The van der Waals surface area contributed by atoms with Crippen molar-refractivity contribution >= 4 is 33.1 Å². The van der Waals surface area contributed by atoms with Gasteiger partial charge in [-0.25, -0.2) is 9.97 Å². The number of carbonyl (C=O) groups is 1. The summed E-state index contributed by atoms with van der Waals surface area (Å²) < 4.78 is 5.35. The molecule has 3 aromatic heterocycles. The third kappa shape index (κ3) is 1.75. The molecule has 1 amide bonds. The van der Waals surface area contributed by atoms with Gasteiger partial charge in [0.05, 0.1) is 17.3 Å². The first-order valence-corrected chi connectivity index (χ1v) is 6.30. The van der Waals surface area contributed by atoms with Crippen molar-refractivity contribution in [2.45, 2.75) is 6.92 Å². The number of nitrogen functional groups attached to an aromatic ring is 1. The summed E-state index contributed by atoms with van der Waals surface area (Å²) in [4.78, 5) is 20.9. The molecular weight excluding hydrogens is 264 g/mol. The maximum Gasteiger partial charge on any atom is 0.260 e. The summed E-state index contributed by atoms with van der Waals surface area (Å²) in [5.41, 5.74) is 12.2. The van der Waals surface area contributed by atoms with E-state index >= 15 is 0 Å². The Hall–Kier alpha value is -2.41. The number of nitrogens with two attached hydrogens (primary N) is 2. The van der Waals surface area contributed by atoms with Crippen molar-refractivity contribution in [3.05, 3.63) is 29.1 Å². The molecule has 4 N–H and O–H groups in total. The first-order valence-electron chi connectivity index (χ1n) is 5.48. The number of carbonyl (C=O) groups excluding carboxylic acids is 1. The summed E-state index contributed by atoms with van der Waals surface area (Å²) in [6.07, 6.45) is 1.55. The lowest BCUT2D eigenvalue weighted by Gasteiger charge is -2.01. The van der Waals surface area contributed by atoms with Gasteiger partial charge in [-0.15, -0.1) is 11.3 Å². The van der Waals surface area contributed by atoms with Gasteiger partial charge in [-0.05, 0) is 19.1 Å². The van der Waals surface area contributed by atoms with Crippen molar-refractivity contribution in [2.75, 3.05) is 5.73 Å². The van der Waals surface area contributed by atoms with Crippen LogP contribution in [0.5, 0.6) is 0 Å². The largest absolute Gasteiger partial charge is 0.463 e. The van der Waals surface area contributed by atoms with Gasteiger partial charge in [0.15, 0.2) is 5.76 Å². The number of amides is 1. The quantitative estimate of drug-likeness (QED) is 0.742. The second-order valence-corrected chi connectivity index (χ2v) is 4.99. The van der Waals surface area contributed by atoms with Gasteiger partial charge < -0.3 is 15.9 Å². The minimum absolute atomic E-state index is 0.294. The van der Waals surface area contributed by atoms with Gasteiger partial charge >= 0.3 is 0 Å². The molecule has 7 heteroatoms. The van der Waals surface area contributed by atoms with E-state index in [2.05, 4.69) is 9.97 Å². The van der Waals surface area contributed by atoms with Crippen LogP contribution in [0.15, 0.2) is 22.8 Å². The zero-order valence-corrected chi connectivity index (χ0v) is 10.8. The third-order valence-electron chi connectivity index (χ3n) is 2.68. The summed E-state index contributed by atoms with van der Waals surface area (Å²) in [5.74, 6) is 0.593. The molecule has 19 heavy (non-hydrogen) atoms. The van der Waals surface area contributed by atoms with E-state index < -0.39 is 5.91 Å². The van der Waals surface area contributed by atoms with Crippen LogP contribution in [-0.2, 0) is 0 Å². The smallest absolute Gasteiger partial charge is 0.260 e. The van der Waals surface area contributed by atoms with Gasteiger partial charge in [0.1, 0.15) is 21.2 Å². The van der Waals surface area contributed by atoms with Gasteiger partial charge in [-0.3, -0.25) is 4.79 Å². The SMILES string of the molecule is Cc1nc(-c2ccco2)c2c(N)c(C(N)=O)sc2n1. The first kappa shape index (κ1) is 11.7. The molecular formula is C12H10N4O2S. The van der Waals surface area contributed by atoms with E-state index in [1.807, 2.05) is 0 Å². The molecule has 0 aliphatic carbocycles. The van der Waals surface area contributed by atoms with Crippen LogP contribution in [0.25, 0.3) is 21.7 Å². The van der Waals surface area contributed by atoms with Crippen molar-refractivity contribution in [3.63, 3.8) is 0 Å². The fraction of sp³-hybridized carbons (Fsp3) is 0.0833. The Morgan fingerprint density at radius 1 is 1.42 bits per heavy atom. The highest BCUT2D eigenvalue weighted by Crippen LogP contribution is 2.38. The molecule has 0 saturated carbocycles. The highest BCUT2D eigenvalue weighted by molar-refractivity contribution is 7.21. The van der Waals surface area contributed by atoms with E-state index in [0.29, 0.717) is 38.1 Å². The Balaban J connectivity index is 2.41. The first-order chi connectivity index (χ1) is 9.08. The molecule has 6 nitrogen and oxygen atoms in total. The summed E-state index contributed by atoms with van der Waals surface area (Å²) in [6, 6.07) is 3.54. The van der Waals surface area contributed by atoms with E-state index in [4.69, 9.17) is 15.9 Å². The average molecular weight is 274 g/mol. The second-order valence-electron chi connectivity index (χ2n) is 3.99. The number of anilines is 1. The number of furan rings is 1. The molecule has 0 fully saturated rings. The highest BCUT2D eigenvalue weighted by atomic mass is 32.1. The van der Waals surface area contributed by atoms with Crippen molar-refractivity contribution in [3.8, 4) is 11.5 Å². The number of rotatable bonds is 2. The maximum absolute atomic E-state index is 11.4. The van der Waals surface area contributed by atoms with Crippen LogP contribution in [0, 0.1) is 6.92 Å². The summed E-state index contributed by atoms with van der Waals surface area (Å²) in [5, 5.41) is 0.611. The van der Waals surface area contributed by atoms with Crippen molar-refractivity contribution in [1.29, 1.82) is 0 Å². The number of aryl methyl sites for hydroxylation is 1. The number of hydrogen-bond acceptors (Lipinski definition) is 6. The Morgan fingerprint density at radius 2 is 2.21 bits per heavy atom. The molecule has 96 valence electrons. The number of nitrogens with zero attached hydrogens (tertiary/aromatic N) is 2. The van der Waals surface area contributed by atoms with Crippen LogP contribution in [0.1, 0.15) is 15.5 Å². The van der Waals surface area contributed by atoms with E-state index in [9.17, 15) is 4.79 Å². The molecule has 0 unspecified atom stereocenters. The number of aromatic nitrogens is 2. The number of primary amides is 1. The van der Waals surface area contributed by atoms with Crippen LogP contribution < -0.4 is 11.5 Å². The topological polar surface area (TPSA) is 108 Å². The molecule has 0 bridgehead atoms. The maximum atomic E-state index is 11.4. The van der Waals surface area contributed by atoms with Crippen molar-refractivity contribution in [1.82, 2.24) is 9.97 Å². The minimum Gasteiger partial charge on any atom is -0.463 e. The van der Waals surface area contributed by atoms with Gasteiger partial charge in [0.25, 0.3) is 5.91 Å². The van der Waals surface area contributed by atoms with Gasteiger partial charge in [-0.2, -0.15) is 0 Å². The van der Waals surface area contributed by atoms with E-state index in [1.54, 1.807) is 25.3 Å². The van der Waals surface area contributed by atoms with E-state index in [-0.39, 0.29) is 0 Å². The van der Waals surface area contributed by atoms with E-state index in [0.717, 1.165) is 0 Å². The molecule has 0 spiro atoms. The van der Waals surface area contributed by atoms with Crippen LogP contribution in [-0.4, -0.2) is 15.9 Å². The molecule has 0 atom stereocenters. The van der Waals surface area contributed by atoms with Gasteiger partial charge in [0.2, 0.25) is 0 Å². The summed E-state index contributed by atoms with van der Waals surface area (Å²) in [6.45, 7) is 1.77. The predicted octanol–water partition coefficient (Wildman–Crippen LogP) is 1.94. The lowest BCUT2D eigenvalue weighted by Crippen LogP contribution is -2.10. The Kier molecular flexibility index (Phi) is 2.49. The second kappa shape index (κ2) is 4.06. The molecule has 3 heterocycles. The summed E-state index contributed by atoms with van der Waals surface area (Å²) in [7, 11) is 0. The Bertz CT molecular complexity index is 777. The molecule has 0 saturated heterocycles. The lowest BCUT2D eigenvalue weighted by molar-refractivity contribution is 0.100. The standard InChI is InChI=1S/C12H10N4O2S/c1-5-15-9(6-3-2-4-18-6)7-8(13)10(11(14)17)19-12(7)16-5/h2-4H,13H2,1H3,(H2,14,17). The Morgan fingerprint density at radius 3 is 2.84 bits per heavy atom. The van der Waals surface area contributed by atoms with E-state index in [1.165, 1.54) is 11.3 Å². The van der Waals surface area contributed by atoms with Crippen molar-refractivity contribution < 1.29 is 9.21 Å². The van der Waals surface area contributed by atoms with Crippen molar-refractivity contribution in [2.24, 2.45) is 5.73 Å².